The van der Waals surface area contributed by atoms with Crippen molar-refractivity contribution in [2.75, 3.05) is 0 Å². The average Bonchev–Trinajstić information content (AvgIpc) is 2.33. The van der Waals surface area contributed by atoms with Crippen LogP contribution in [0.2, 0.25) is 0 Å². The lowest BCUT2D eigenvalue weighted by Gasteiger charge is -2.13. The van der Waals surface area contributed by atoms with Crippen molar-refractivity contribution in [3.8, 4) is 0 Å². The number of ketones is 1. The molecule has 94 valence electrons. The van der Waals surface area contributed by atoms with Crippen LogP contribution >= 0.6 is 0 Å². The lowest BCUT2D eigenvalue weighted by atomic mass is 9.90. The molecule has 2 heteroatoms. The molecule has 0 heterocycles. The maximum atomic E-state index is 13.4. The minimum absolute atomic E-state index is 0.0389. The number of carbonyl (C=O) groups excluding carboxylic acids is 1. The first kappa shape index (κ1) is 13.9. The summed E-state index contributed by atoms with van der Waals surface area (Å²) in [5.41, 5.74) is 1.10. The van der Waals surface area contributed by atoms with Gasteiger partial charge < -0.3 is 0 Å². The number of aryl methyl sites for hydroxylation is 1. The third-order valence-electron chi connectivity index (χ3n) is 3.23. The van der Waals surface area contributed by atoms with E-state index in [-0.39, 0.29) is 17.5 Å². The smallest absolute Gasteiger partial charge is 0.166 e. The molecule has 0 aliphatic heterocycles. The van der Waals surface area contributed by atoms with E-state index in [1.54, 1.807) is 19.1 Å². The zero-order valence-corrected chi connectivity index (χ0v) is 10.9. The number of unbranched alkanes of at least 4 members (excludes halogenated alkanes) is 1. The van der Waals surface area contributed by atoms with Gasteiger partial charge in [0.1, 0.15) is 5.82 Å². The first-order valence-corrected chi connectivity index (χ1v) is 6.40. The second-order valence-corrected chi connectivity index (χ2v) is 4.58. The van der Waals surface area contributed by atoms with Crippen LogP contribution in [0.1, 0.15) is 55.5 Å². The molecular formula is C15H21FO. The van der Waals surface area contributed by atoms with E-state index in [0.29, 0.717) is 11.1 Å². The Balaban J connectivity index is 2.82. The number of hydrogen-bond acceptors (Lipinski definition) is 1. The SMILES string of the molecule is CCCCC(CC)C(=O)c1ccc(C)c(F)c1. The summed E-state index contributed by atoms with van der Waals surface area (Å²) in [5, 5.41) is 0. The molecule has 17 heavy (non-hydrogen) atoms. The van der Waals surface area contributed by atoms with Crippen LogP contribution in [0.15, 0.2) is 18.2 Å². The molecule has 0 N–H and O–H groups in total. The molecule has 0 bridgehead atoms. The molecular weight excluding hydrogens is 215 g/mol. The van der Waals surface area contributed by atoms with Gasteiger partial charge in [-0.1, -0.05) is 38.8 Å². The molecule has 0 aromatic heterocycles. The first-order chi connectivity index (χ1) is 8.10. The van der Waals surface area contributed by atoms with Crippen molar-refractivity contribution >= 4 is 5.78 Å². The molecule has 1 atom stereocenters. The standard InChI is InChI=1S/C15H21FO/c1-4-6-7-12(5-2)15(17)13-9-8-11(3)14(16)10-13/h8-10,12H,4-7H2,1-3H3. The third kappa shape index (κ3) is 3.65. The largest absolute Gasteiger partial charge is 0.294 e. The summed E-state index contributed by atoms with van der Waals surface area (Å²) >= 11 is 0. The Morgan fingerprint density at radius 2 is 2.06 bits per heavy atom. The van der Waals surface area contributed by atoms with E-state index in [0.717, 1.165) is 25.7 Å². The highest BCUT2D eigenvalue weighted by molar-refractivity contribution is 5.97. The van der Waals surface area contributed by atoms with E-state index < -0.39 is 0 Å². The fourth-order valence-corrected chi connectivity index (χ4v) is 1.95. The molecule has 0 fully saturated rings. The monoisotopic (exact) mass is 236 g/mol. The number of benzene rings is 1. The maximum Gasteiger partial charge on any atom is 0.166 e. The van der Waals surface area contributed by atoms with Gasteiger partial charge in [-0.25, -0.2) is 4.39 Å². The first-order valence-electron chi connectivity index (χ1n) is 6.40. The van der Waals surface area contributed by atoms with Crippen LogP contribution in [0.5, 0.6) is 0 Å². The van der Waals surface area contributed by atoms with Crippen molar-refractivity contribution in [2.24, 2.45) is 5.92 Å². The number of hydrogen-bond donors (Lipinski definition) is 0. The van der Waals surface area contributed by atoms with E-state index in [4.69, 9.17) is 0 Å². The van der Waals surface area contributed by atoms with Crippen LogP contribution in [0.25, 0.3) is 0 Å². The van der Waals surface area contributed by atoms with Gasteiger partial charge in [-0.15, -0.1) is 0 Å². The van der Waals surface area contributed by atoms with Crippen molar-refractivity contribution in [2.45, 2.75) is 46.5 Å². The highest BCUT2D eigenvalue weighted by Gasteiger charge is 2.18. The Bertz CT molecular complexity index is 385. The summed E-state index contributed by atoms with van der Waals surface area (Å²) in [6, 6.07) is 4.77. The molecule has 1 unspecified atom stereocenters. The van der Waals surface area contributed by atoms with Gasteiger partial charge in [0.25, 0.3) is 0 Å². The van der Waals surface area contributed by atoms with Gasteiger partial charge in [-0.3, -0.25) is 4.79 Å². The van der Waals surface area contributed by atoms with E-state index in [1.165, 1.54) is 6.07 Å². The molecule has 0 saturated carbocycles. The number of rotatable bonds is 6. The molecule has 1 nitrogen and oxygen atoms in total. The zero-order valence-electron chi connectivity index (χ0n) is 10.9. The molecule has 1 aromatic carbocycles. The normalized spacial score (nSPS) is 12.5. The minimum atomic E-state index is -0.291. The fraction of sp³-hybridized carbons (Fsp3) is 0.533. The predicted octanol–water partition coefficient (Wildman–Crippen LogP) is 4.53. The van der Waals surface area contributed by atoms with Gasteiger partial charge >= 0.3 is 0 Å². The Kier molecular flexibility index (Phi) is 5.33. The van der Waals surface area contributed by atoms with Crippen molar-refractivity contribution in [1.82, 2.24) is 0 Å². The van der Waals surface area contributed by atoms with Crippen LogP contribution in [-0.4, -0.2) is 5.78 Å². The van der Waals surface area contributed by atoms with Crippen molar-refractivity contribution in [1.29, 1.82) is 0 Å². The van der Waals surface area contributed by atoms with Crippen LogP contribution in [0.4, 0.5) is 4.39 Å². The molecule has 0 saturated heterocycles. The maximum absolute atomic E-state index is 13.4. The van der Waals surface area contributed by atoms with Crippen molar-refractivity contribution in [3.63, 3.8) is 0 Å². The summed E-state index contributed by atoms with van der Waals surface area (Å²) in [6.45, 7) is 5.84. The molecule has 1 rings (SSSR count). The summed E-state index contributed by atoms with van der Waals surface area (Å²) in [7, 11) is 0. The Hall–Kier alpha value is -1.18. The number of halogens is 1. The highest BCUT2D eigenvalue weighted by atomic mass is 19.1. The molecule has 0 spiro atoms. The van der Waals surface area contributed by atoms with Crippen LogP contribution in [0, 0.1) is 18.7 Å². The quantitative estimate of drug-likeness (QED) is 0.663. The molecule has 0 amide bonds. The second-order valence-electron chi connectivity index (χ2n) is 4.58. The van der Waals surface area contributed by atoms with Gasteiger partial charge in [0.15, 0.2) is 5.78 Å². The Morgan fingerprint density at radius 1 is 1.35 bits per heavy atom. The van der Waals surface area contributed by atoms with Gasteiger partial charge in [0.05, 0.1) is 0 Å². The van der Waals surface area contributed by atoms with E-state index in [2.05, 4.69) is 6.92 Å². The molecule has 1 aromatic rings. The zero-order chi connectivity index (χ0) is 12.8. The second kappa shape index (κ2) is 6.53. The van der Waals surface area contributed by atoms with Crippen molar-refractivity contribution in [3.05, 3.63) is 35.1 Å². The molecule has 0 radical (unpaired) electrons. The summed E-state index contributed by atoms with van der Waals surface area (Å²) in [4.78, 5) is 12.2. The van der Waals surface area contributed by atoms with Crippen LogP contribution < -0.4 is 0 Å². The summed E-state index contributed by atoms with van der Waals surface area (Å²) in [6.07, 6.45) is 3.88. The molecule has 0 aliphatic carbocycles. The number of carbonyl (C=O) groups is 1. The summed E-state index contributed by atoms with van der Waals surface area (Å²) < 4.78 is 13.4. The topological polar surface area (TPSA) is 17.1 Å². The van der Waals surface area contributed by atoms with E-state index >= 15 is 0 Å². The van der Waals surface area contributed by atoms with Gasteiger partial charge in [-0.2, -0.15) is 0 Å². The van der Waals surface area contributed by atoms with Crippen LogP contribution in [0.3, 0.4) is 0 Å². The Morgan fingerprint density at radius 3 is 2.59 bits per heavy atom. The van der Waals surface area contributed by atoms with Crippen molar-refractivity contribution < 1.29 is 9.18 Å². The third-order valence-corrected chi connectivity index (χ3v) is 3.23. The van der Waals surface area contributed by atoms with Crippen LogP contribution in [-0.2, 0) is 0 Å². The van der Waals surface area contributed by atoms with E-state index in [9.17, 15) is 9.18 Å². The minimum Gasteiger partial charge on any atom is -0.294 e. The predicted molar refractivity (Wildman–Crippen MR) is 68.8 cm³/mol. The van der Waals surface area contributed by atoms with Gasteiger partial charge in [0, 0.05) is 11.5 Å². The average molecular weight is 236 g/mol. The van der Waals surface area contributed by atoms with E-state index in [1.807, 2.05) is 6.92 Å². The van der Waals surface area contributed by atoms with Gasteiger partial charge in [-0.05, 0) is 31.4 Å². The Labute approximate surface area is 103 Å². The molecule has 0 aliphatic rings. The lowest BCUT2D eigenvalue weighted by Crippen LogP contribution is -2.14. The summed E-state index contributed by atoms with van der Waals surface area (Å²) in [5.74, 6) is -0.168. The number of Topliss-reactive ketones (excluding diaryl/α,β-unsaturated/α-hetero) is 1. The van der Waals surface area contributed by atoms with Gasteiger partial charge in [0.2, 0.25) is 0 Å². The fourth-order valence-electron chi connectivity index (χ4n) is 1.95. The lowest BCUT2D eigenvalue weighted by molar-refractivity contribution is 0.0907. The highest BCUT2D eigenvalue weighted by Crippen LogP contribution is 2.20.